The molecule has 0 aromatic heterocycles. The Kier molecular flexibility index (Phi) is 5.58. The summed E-state index contributed by atoms with van der Waals surface area (Å²) in [5, 5.41) is 4.91. The number of unbranched alkanes of at least 4 members (excludes halogenated alkanes) is 2. The molecule has 0 heterocycles. The molecule has 2 nitrogen and oxygen atoms in total. The van der Waals surface area contributed by atoms with Gasteiger partial charge >= 0.3 is 0 Å². The van der Waals surface area contributed by atoms with Gasteiger partial charge in [0.25, 0.3) is 0 Å². The van der Waals surface area contributed by atoms with Crippen LogP contribution in [-0.4, -0.2) is 13.2 Å². The average molecular weight is 322 g/mol. The van der Waals surface area contributed by atoms with Crippen LogP contribution < -0.4 is 9.47 Å². The van der Waals surface area contributed by atoms with E-state index in [1.165, 1.54) is 21.5 Å². The van der Waals surface area contributed by atoms with E-state index in [9.17, 15) is 0 Å². The van der Waals surface area contributed by atoms with Gasteiger partial charge in [0, 0.05) is 0 Å². The summed E-state index contributed by atoms with van der Waals surface area (Å²) in [5.41, 5.74) is 0. The highest BCUT2D eigenvalue weighted by molar-refractivity contribution is 6.08. The van der Waals surface area contributed by atoms with E-state index < -0.39 is 0 Å². The molecule has 3 rings (SSSR count). The first-order chi connectivity index (χ1) is 11.8. The molecule has 0 bridgehead atoms. The van der Waals surface area contributed by atoms with Crippen LogP contribution in [0.2, 0.25) is 0 Å². The summed E-state index contributed by atoms with van der Waals surface area (Å²) >= 11 is 0. The molecular weight excluding hydrogens is 296 g/mol. The van der Waals surface area contributed by atoms with Crippen LogP contribution in [0.5, 0.6) is 11.5 Å². The van der Waals surface area contributed by atoms with Crippen molar-refractivity contribution in [3.63, 3.8) is 0 Å². The van der Waals surface area contributed by atoms with Gasteiger partial charge in [0.1, 0.15) is 11.5 Å². The van der Waals surface area contributed by atoms with Gasteiger partial charge in [0.05, 0.1) is 13.2 Å². The molecule has 0 radical (unpaired) electrons. The molecule has 0 fully saturated rings. The van der Waals surface area contributed by atoms with Crippen LogP contribution >= 0.6 is 0 Å². The average Bonchev–Trinajstić information content (AvgIpc) is 2.62. The molecule has 0 N–H and O–H groups in total. The van der Waals surface area contributed by atoms with Crippen molar-refractivity contribution in [2.24, 2.45) is 0 Å². The zero-order chi connectivity index (χ0) is 16.8. The Morgan fingerprint density at radius 1 is 0.625 bits per heavy atom. The Hall–Kier alpha value is -2.22. The molecule has 0 saturated heterocycles. The zero-order valence-corrected chi connectivity index (χ0v) is 14.7. The quantitative estimate of drug-likeness (QED) is 0.355. The number of hydrogen-bond acceptors (Lipinski definition) is 2. The molecule has 2 heteroatoms. The highest BCUT2D eigenvalue weighted by Gasteiger charge is 2.05. The van der Waals surface area contributed by atoms with E-state index in [2.05, 4.69) is 62.4 Å². The largest absolute Gasteiger partial charge is 0.494 e. The van der Waals surface area contributed by atoms with Crippen molar-refractivity contribution in [3.8, 4) is 11.5 Å². The molecule has 0 saturated carbocycles. The Balaban J connectivity index is 1.95. The third kappa shape index (κ3) is 3.81. The van der Waals surface area contributed by atoms with E-state index in [0.29, 0.717) is 0 Å². The summed E-state index contributed by atoms with van der Waals surface area (Å²) < 4.78 is 11.8. The second-order valence-corrected chi connectivity index (χ2v) is 6.24. The van der Waals surface area contributed by atoms with E-state index in [4.69, 9.17) is 9.47 Å². The first kappa shape index (κ1) is 16.6. The highest BCUT2D eigenvalue weighted by atomic mass is 16.5. The molecule has 0 aliphatic rings. The Labute approximate surface area is 144 Å². The van der Waals surface area contributed by atoms with Crippen LogP contribution in [0.15, 0.2) is 48.5 Å². The summed E-state index contributed by atoms with van der Waals surface area (Å²) in [6.45, 7) is 5.91. The lowest BCUT2D eigenvalue weighted by atomic mass is 10.0. The molecule has 0 unspecified atom stereocenters. The van der Waals surface area contributed by atoms with Crippen molar-refractivity contribution in [3.05, 3.63) is 48.5 Å². The van der Waals surface area contributed by atoms with Crippen LogP contribution in [0.3, 0.4) is 0 Å². The van der Waals surface area contributed by atoms with E-state index >= 15 is 0 Å². The number of hydrogen-bond donors (Lipinski definition) is 0. The molecule has 126 valence electrons. The maximum Gasteiger partial charge on any atom is 0.119 e. The first-order valence-electron chi connectivity index (χ1n) is 9.04. The van der Waals surface area contributed by atoms with E-state index in [1.807, 2.05) is 0 Å². The van der Waals surface area contributed by atoms with Crippen LogP contribution in [-0.2, 0) is 0 Å². The highest BCUT2D eigenvalue weighted by Crippen LogP contribution is 2.31. The second-order valence-electron chi connectivity index (χ2n) is 6.24. The summed E-state index contributed by atoms with van der Waals surface area (Å²) in [4.78, 5) is 0. The van der Waals surface area contributed by atoms with E-state index in [0.717, 1.165) is 50.4 Å². The predicted octanol–water partition coefficient (Wildman–Crippen LogP) is 6.35. The topological polar surface area (TPSA) is 18.5 Å². The zero-order valence-electron chi connectivity index (χ0n) is 14.7. The molecule has 0 atom stereocenters. The van der Waals surface area contributed by atoms with Gasteiger partial charge in [-0.3, -0.25) is 0 Å². The standard InChI is InChI=1S/C22H26O2/c1-3-5-13-23-19-11-9-17-7-8-18-10-12-20(24-14-6-4-2)16-22(18)21(17)15-19/h7-12,15-16H,3-6,13-14H2,1-2H3. The first-order valence-corrected chi connectivity index (χ1v) is 9.04. The fourth-order valence-corrected chi connectivity index (χ4v) is 2.86. The molecular formula is C22H26O2. The summed E-state index contributed by atoms with van der Waals surface area (Å²) in [6, 6.07) is 17.1. The normalized spacial score (nSPS) is 11.1. The monoisotopic (exact) mass is 322 g/mol. The predicted molar refractivity (Wildman–Crippen MR) is 102 cm³/mol. The molecule has 24 heavy (non-hydrogen) atoms. The van der Waals surface area contributed by atoms with Crippen LogP contribution in [0, 0.1) is 0 Å². The molecule has 0 spiro atoms. The lowest BCUT2D eigenvalue weighted by Gasteiger charge is -2.11. The maximum atomic E-state index is 5.88. The third-order valence-electron chi connectivity index (χ3n) is 4.32. The molecule has 3 aromatic carbocycles. The van der Waals surface area contributed by atoms with Gasteiger partial charge in [-0.25, -0.2) is 0 Å². The lowest BCUT2D eigenvalue weighted by Crippen LogP contribution is -1.97. The van der Waals surface area contributed by atoms with E-state index in [-0.39, 0.29) is 0 Å². The maximum absolute atomic E-state index is 5.88. The fourth-order valence-electron chi connectivity index (χ4n) is 2.86. The molecule has 3 aromatic rings. The Bertz CT molecular complexity index is 739. The minimum absolute atomic E-state index is 0.776. The Morgan fingerprint density at radius 2 is 1.04 bits per heavy atom. The molecule has 0 aliphatic heterocycles. The smallest absolute Gasteiger partial charge is 0.119 e. The third-order valence-corrected chi connectivity index (χ3v) is 4.32. The molecule has 0 amide bonds. The number of fused-ring (bicyclic) bond motifs is 3. The van der Waals surface area contributed by atoms with Crippen LogP contribution in [0.1, 0.15) is 39.5 Å². The van der Waals surface area contributed by atoms with Gasteiger partial charge in [-0.1, -0.05) is 51.0 Å². The summed E-state index contributed by atoms with van der Waals surface area (Å²) in [7, 11) is 0. The van der Waals surface area contributed by atoms with Crippen molar-refractivity contribution in [2.75, 3.05) is 13.2 Å². The minimum Gasteiger partial charge on any atom is -0.494 e. The van der Waals surface area contributed by atoms with Crippen molar-refractivity contribution >= 4 is 21.5 Å². The van der Waals surface area contributed by atoms with Gasteiger partial charge in [0.2, 0.25) is 0 Å². The number of benzene rings is 3. The minimum atomic E-state index is 0.776. The molecule has 0 aliphatic carbocycles. The van der Waals surface area contributed by atoms with Gasteiger partial charge < -0.3 is 9.47 Å². The van der Waals surface area contributed by atoms with Gasteiger partial charge in [-0.15, -0.1) is 0 Å². The van der Waals surface area contributed by atoms with Crippen molar-refractivity contribution < 1.29 is 9.47 Å². The SMILES string of the molecule is CCCCOc1ccc2ccc3ccc(OCCCC)cc3c2c1. The van der Waals surface area contributed by atoms with Crippen LogP contribution in [0.25, 0.3) is 21.5 Å². The van der Waals surface area contributed by atoms with Crippen LogP contribution in [0.4, 0.5) is 0 Å². The van der Waals surface area contributed by atoms with Crippen molar-refractivity contribution in [1.29, 1.82) is 0 Å². The van der Waals surface area contributed by atoms with Gasteiger partial charge in [-0.2, -0.15) is 0 Å². The summed E-state index contributed by atoms with van der Waals surface area (Å²) in [6.07, 6.45) is 4.47. The van der Waals surface area contributed by atoms with E-state index in [1.54, 1.807) is 0 Å². The van der Waals surface area contributed by atoms with Gasteiger partial charge in [-0.05, 0) is 58.7 Å². The summed E-state index contributed by atoms with van der Waals surface area (Å²) in [5.74, 6) is 1.89. The fraction of sp³-hybridized carbons (Fsp3) is 0.364. The van der Waals surface area contributed by atoms with Crippen molar-refractivity contribution in [1.82, 2.24) is 0 Å². The van der Waals surface area contributed by atoms with Crippen molar-refractivity contribution in [2.45, 2.75) is 39.5 Å². The number of ether oxygens (including phenoxy) is 2. The second kappa shape index (κ2) is 8.05. The lowest BCUT2D eigenvalue weighted by molar-refractivity contribution is 0.309. The number of rotatable bonds is 8. The van der Waals surface area contributed by atoms with Gasteiger partial charge in [0.15, 0.2) is 0 Å². The Morgan fingerprint density at radius 3 is 1.46 bits per heavy atom.